The molecule has 0 radical (unpaired) electrons. The van der Waals surface area contributed by atoms with Crippen molar-refractivity contribution in [3.8, 4) is 6.07 Å². The standard InChI is InChI=1S/C26H38N4O4/c1-19-18-29(14-15-30(19)24(32)34-26(5,6)7)13-12-22(28-23(31)33-25(2,3)4)16-20-8-10-21(17-27)11-9-20/h8-11,19H,12-16,18H2,1-7H3/t19-/m0/s1. The Hall–Kier alpha value is -2.92. The van der Waals surface area contributed by atoms with Gasteiger partial charge in [-0.2, -0.15) is 10.3 Å². The molecule has 2 amide bonds. The van der Waals surface area contributed by atoms with Crippen molar-refractivity contribution in [1.29, 1.82) is 5.26 Å². The third-order valence-corrected chi connectivity index (χ3v) is 5.19. The molecule has 1 fully saturated rings. The molecule has 1 heterocycles. The summed E-state index contributed by atoms with van der Waals surface area (Å²) < 4.78 is 10.9. The average molecular weight is 471 g/mol. The summed E-state index contributed by atoms with van der Waals surface area (Å²) in [4.78, 5) is 33.2. The van der Waals surface area contributed by atoms with Crippen molar-refractivity contribution in [2.75, 3.05) is 26.2 Å². The van der Waals surface area contributed by atoms with Crippen LogP contribution in [0.25, 0.3) is 0 Å². The molecule has 0 N–H and O–H groups in total. The molecule has 8 heteroatoms. The van der Waals surface area contributed by atoms with E-state index in [4.69, 9.17) is 14.7 Å². The predicted octanol–water partition coefficient (Wildman–Crippen LogP) is 4.81. The Kier molecular flexibility index (Phi) is 9.22. The molecule has 1 aromatic carbocycles. The van der Waals surface area contributed by atoms with Gasteiger partial charge in [-0.3, -0.25) is 4.90 Å². The molecule has 34 heavy (non-hydrogen) atoms. The van der Waals surface area contributed by atoms with Crippen molar-refractivity contribution in [2.24, 2.45) is 4.99 Å². The zero-order valence-corrected chi connectivity index (χ0v) is 21.6. The lowest BCUT2D eigenvalue weighted by atomic mass is 10.0. The average Bonchev–Trinajstić information content (AvgIpc) is 2.70. The van der Waals surface area contributed by atoms with Gasteiger partial charge in [-0.15, -0.1) is 0 Å². The second-order valence-electron chi connectivity index (χ2n) is 10.7. The van der Waals surface area contributed by atoms with E-state index in [1.807, 2.05) is 60.6 Å². The number of benzene rings is 1. The number of ether oxygens (including phenoxy) is 2. The smallest absolute Gasteiger partial charge is 0.434 e. The summed E-state index contributed by atoms with van der Waals surface area (Å²) in [5.41, 5.74) is 1.15. The Labute approximate surface area is 203 Å². The van der Waals surface area contributed by atoms with Gasteiger partial charge in [0.2, 0.25) is 0 Å². The van der Waals surface area contributed by atoms with E-state index < -0.39 is 17.3 Å². The highest BCUT2D eigenvalue weighted by molar-refractivity contribution is 5.94. The predicted molar refractivity (Wildman–Crippen MR) is 132 cm³/mol. The highest BCUT2D eigenvalue weighted by Gasteiger charge is 2.30. The lowest BCUT2D eigenvalue weighted by Crippen LogP contribution is -2.55. The van der Waals surface area contributed by atoms with Gasteiger partial charge in [-0.05, 0) is 72.6 Å². The molecule has 0 aliphatic carbocycles. The van der Waals surface area contributed by atoms with Crippen molar-refractivity contribution in [3.63, 3.8) is 0 Å². The van der Waals surface area contributed by atoms with E-state index in [1.54, 1.807) is 17.0 Å². The van der Waals surface area contributed by atoms with Crippen molar-refractivity contribution >= 4 is 17.9 Å². The van der Waals surface area contributed by atoms with Crippen LogP contribution in [0.2, 0.25) is 0 Å². The van der Waals surface area contributed by atoms with Gasteiger partial charge in [0.1, 0.15) is 11.2 Å². The fourth-order valence-electron chi connectivity index (χ4n) is 3.65. The van der Waals surface area contributed by atoms with Crippen LogP contribution in [-0.4, -0.2) is 71.1 Å². The SMILES string of the molecule is C[C@H]1CN(CCC(Cc2ccc(C#N)cc2)=NC(=O)OC(C)(C)C)CCN1C(=O)OC(C)(C)C. The highest BCUT2D eigenvalue weighted by atomic mass is 16.6. The van der Waals surface area contributed by atoms with Crippen LogP contribution in [0.5, 0.6) is 0 Å². The molecule has 186 valence electrons. The molecule has 1 saturated heterocycles. The monoisotopic (exact) mass is 470 g/mol. The summed E-state index contributed by atoms with van der Waals surface area (Å²) in [5, 5.41) is 9.02. The maximum atomic E-state index is 12.5. The van der Waals surface area contributed by atoms with Gasteiger partial charge >= 0.3 is 12.2 Å². The lowest BCUT2D eigenvalue weighted by molar-refractivity contribution is 0.00174. The quantitative estimate of drug-likeness (QED) is 0.573. The van der Waals surface area contributed by atoms with Gasteiger partial charge in [-0.25, -0.2) is 9.59 Å². The first kappa shape index (κ1) is 27.3. The number of carbonyl (C=O) groups is 2. The summed E-state index contributed by atoms with van der Waals surface area (Å²) in [6.45, 7) is 15.8. The Bertz CT molecular complexity index is 920. The number of carbonyl (C=O) groups excluding carboxylic acids is 2. The van der Waals surface area contributed by atoms with Crippen LogP contribution in [-0.2, 0) is 15.9 Å². The third-order valence-electron chi connectivity index (χ3n) is 5.19. The van der Waals surface area contributed by atoms with Crippen LogP contribution < -0.4 is 0 Å². The summed E-state index contributed by atoms with van der Waals surface area (Å²) in [7, 11) is 0. The number of nitrogens with zero attached hydrogens (tertiary/aromatic N) is 4. The second kappa shape index (κ2) is 11.5. The first-order valence-electron chi connectivity index (χ1n) is 11.8. The molecular formula is C26H38N4O4. The van der Waals surface area contributed by atoms with Crippen LogP contribution in [0.1, 0.15) is 66.0 Å². The van der Waals surface area contributed by atoms with E-state index in [0.717, 1.165) is 24.4 Å². The molecule has 1 aliphatic heterocycles. The minimum atomic E-state index is -0.617. The lowest BCUT2D eigenvalue weighted by Gasteiger charge is -2.40. The maximum absolute atomic E-state index is 12.5. The second-order valence-corrected chi connectivity index (χ2v) is 10.7. The van der Waals surface area contributed by atoms with Crippen LogP contribution in [0, 0.1) is 11.3 Å². The normalized spacial score (nSPS) is 17.8. The Morgan fingerprint density at radius 1 is 1.06 bits per heavy atom. The van der Waals surface area contributed by atoms with Gasteiger partial charge in [0, 0.05) is 44.4 Å². The molecule has 1 aromatic rings. The summed E-state index contributed by atoms with van der Waals surface area (Å²) in [6.07, 6.45) is 0.212. The van der Waals surface area contributed by atoms with Crippen LogP contribution in [0.4, 0.5) is 9.59 Å². The van der Waals surface area contributed by atoms with E-state index in [0.29, 0.717) is 31.5 Å². The Morgan fingerprint density at radius 3 is 2.21 bits per heavy atom. The van der Waals surface area contributed by atoms with Crippen LogP contribution >= 0.6 is 0 Å². The maximum Gasteiger partial charge on any atom is 0.434 e. The zero-order chi connectivity index (χ0) is 25.5. The molecule has 2 rings (SSSR count). The van der Waals surface area contributed by atoms with Crippen molar-refractivity contribution < 1.29 is 19.1 Å². The summed E-state index contributed by atoms with van der Waals surface area (Å²) in [5.74, 6) is 0. The van der Waals surface area contributed by atoms with Crippen LogP contribution in [0.3, 0.4) is 0 Å². The fraction of sp³-hybridized carbons (Fsp3) is 0.615. The number of rotatable bonds is 5. The highest BCUT2D eigenvalue weighted by Crippen LogP contribution is 2.17. The summed E-state index contributed by atoms with van der Waals surface area (Å²) >= 11 is 0. The minimum absolute atomic E-state index is 0.0216. The number of amides is 2. The van der Waals surface area contributed by atoms with E-state index in [2.05, 4.69) is 16.0 Å². The van der Waals surface area contributed by atoms with Gasteiger partial charge in [0.25, 0.3) is 0 Å². The van der Waals surface area contributed by atoms with Gasteiger partial charge in [0.05, 0.1) is 11.6 Å². The molecule has 8 nitrogen and oxygen atoms in total. The van der Waals surface area contributed by atoms with Crippen molar-refractivity contribution in [2.45, 2.75) is 78.6 Å². The molecule has 0 aromatic heterocycles. The van der Waals surface area contributed by atoms with Crippen molar-refractivity contribution in [1.82, 2.24) is 9.80 Å². The first-order valence-corrected chi connectivity index (χ1v) is 11.8. The molecule has 0 saturated carbocycles. The van der Waals surface area contributed by atoms with Crippen LogP contribution in [0.15, 0.2) is 29.3 Å². The molecule has 1 aliphatic rings. The molecule has 0 unspecified atom stereocenters. The zero-order valence-electron chi connectivity index (χ0n) is 21.6. The molecular weight excluding hydrogens is 432 g/mol. The van der Waals surface area contributed by atoms with E-state index in [1.165, 1.54) is 0 Å². The topological polar surface area (TPSA) is 95.2 Å². The van der Waals surface area contributed by atoms with E-state index >= 15 is 0 Å². The van der Waals surface area contributed by atoms with Gasteiger partial charge in [0.15, 0.2) is 0 Å². The number of nitriles is 1. The van der Waals surface area contributed by atoms with Gasteiger partial charge < -0.3 is 14.4 Å². The molecule has 0 bridgehead atoms. The third kappa shape index (κ3) is 9.52. The first-order chi connectivity index (χ1) is 15.8. The van der Waals surface area contributed by atoms with Crippen molar-refractivity contribution in [3.05, 3.63) is 35.4 Å². The number of hydrogen-bond acceptors (Lipinski definition) is 6. The Balaban J connectivity index is 2.03. The summed E-state index contributed by atoms with van der Waals surface area (Å²) in [6, 6.07) is 9.42. The van der Waals surface area contributed by atoms with E-state index in [-0.39, 0.29) is 12.1 Å². The largest absolute Gasteiger partial charge is 0.444 e. The number of piperazine rings is 1. The number of hydrogen-bond donors (Lipinski definition) is 0. The molecule has 0 spiro atoms. The minimum Gasteiger partial charge on any atom is -0.444 e. The van der Waals surface area contributed by atoms with Gasteiger partial charge in [-0.1, -0.05) is 12.1 Å². The van der Waals surface area contributed by atoms with E-state index in [9.17, 15) is 9.59 Å². The number of aliphatic imine (C=N–C) groups is 1. The molecule has 1 atom stereocenters. The Morgan fingerprint density at radius 2 is 1.68 bits per heavy atom. The fourth-order valence-corrected chi connectivity index (χ4v) is 3.65.